The van der Waals surface area contributed by atoms with Crippen LogP contribution < -0.4 is 0 Å². The SMILES string of the molecule is C=C(C(=O)O)C(CC)(CC(=O)OC1CCCCC1)C(=O)O. The summed E-state index contributed by atoms with van der Waals surface area (Å²) in [6.45, 7) is 4.85. The Bertz CT molecular complexity index is 435. The summed E-state index contributed by atoms with van der Waals surface area (Å²) < 4.78 is 5.29. The van der Waals surface area contributed by atoms with E-state index in [4.69, 9.17) is 9.84 Å². The highest BCUT2D eigenvalue weighted by Crippen LogP contribution is 2.36. The van der Waals surface area contributed by atoms with E-state index in [-0.39, 0.29) is 12.5 Å². The molecular formula is C15H22O6. The third-order valence-corrected chi connectivity index (χ3v) is 4.15. The van der Waals surface area contributed by atoms with Crippen LogP contribution in [0.5, 0.6) is 0 Å². The maximum absolute atomic E-state index is 12.0. The van der Waals surface area contributed by atoms with E-state index in [0.29, 0.717) is 0 Å². The maximum atomic E-state index is 12.0. The first-order valence-electron chi connectivity index (χ1n) is 7.19. The molecule has 118 valence electrons. The quantitative estimate of drug-likeness (QED) is 0.553. The van der Waals surface area contributed by atoms with Crippen LogP contribution in [0, 0.1) is 5.41 Å². The Labute approximate surface area is 123 Å². The summed E-state index contributed by atoms with van der Waals surface area (Å²) in [5.74, 6) is -3.45. The fourth-order valence-corrected chi connectivity index (χ4v) is 2.66. The summed E-state index contributed by atoms with van der Waals surface area (Å²) >= 11 is 0. The Hall–Kier alpha value is -1.85. The van der Waals surface area contributed by atoms with Gasteiger partial charge in [-0.3, -0.25) is 9.59 Å². The second kappa shape index (κ2) is 7.24. The largest absolute Gasteiger partial charge is 0.481 e. The van der Waals surface area contributed by atoms with E-state index in [1.54, 1.807) is 0 Å². The molecule has 1 atom stereocenters. The molecule has 0 aromatic carbocycles. The zero-order valence-electron chi connectivity index (χ0n) is 12.3. The van der Waals surface area contributed by atoms with Crippen LogP contribution in [-0.2, 0) is 19.1 Å². The number of ether oxygens (including phenoxy) is 1. The van der Waals surface area contributed by atoms with Gasteiger partial charge in [-0.15, -0.1) is 0 Å². The van der Waals surface area contributed by atoms with E-state index in [1.165, 1.54) is 6.92 Å². The first kappa shape index (κ1) is 17.2. The number of hydrogen-bond acceptors (Lipinski definition) is 4. The topological polar surface area (TPSA) is 101 Å². The van der Waals surface area contributed by atoms with Gasteiger partial charge in [0.05, 0.1) is 6.42 Å². The molecule has 0 heterocycles. The molecule has 6 nitrogen and oxygen atoms in total. The van der Waals surface area contributed by atoms with E-state index < -0.39 is 35.3 Å². The van der Waals surface area contributed by atoms with Crippen LogP contribution in [0.4, 0.5) is 0 Å². The van der Waals surface area contributed by atoms with Crippen molar-refractivity contribution in [1.29, 1.82) is 0 Å². The number of hydrogen-bond donors (Lipinski definition) is 2. The lowest BCUT2D eigenvalue weighted by molar-refractivity contribution is -0.161. The predicted octanol–water partition coefficient (Wildman–Crippen LogP) is 2.37. The minimum atomic E-state index is -1.81. The standard InChI is InChI=1S/C15H22O6/c1-3-15(14(19)20,10(2)13(17)18)9-12(16)21-11-7-5-4-6-8-11/h11H,2-9H2,1H3,(H,17,18)(H,19,20). The average Bonchev–Trinajstić information content (AvgIpc) is 2.44. The Morgan fingerprint density at radius 2 is 1.76 bits per heavy atom. The van der Waals surface area contributed by atoms with Gasteiger partial charge in [-0.25, -0.2) is 4.79 Å². The second-order valence-corrected chi connectivity index (χ2v) is 5.45. The number of rotatable bonds is 7. The van der Waals surface area contributed by atoms with Crippen LogP contribution in [0.25, 0.3) is 0 Å². The van der Waals surface area contributed by atoms with Gasteiger partial charge in [0, 0.05) is 5.57 Å². The molecule has 2 N–H and O–H groups in total. The van der Waals surface area contributed by atoms with Gasteiger partial charge >= 0.3 is 17.9 Å². The van der Waals surface area contributed by atoms with Gasteiger partial charge < -0.3 is 14.9 Å². The first-order chi connectivity index (χ1) is 9.83. The van der Waals surface area contributed by atoms with Crippen LogP contribution in [0.2, 0.25) is 0 Å². The Morgan fingerprint density at radius 3 is 2.19 bits per heavy atom. The third kappa shape index (κ3) is 4.06. The van der Waals surface area contributed by atoms with E-state index in [1.807, 2.05) is 0 Å². The third-order valence-electron chi connectivity index (χ3n) is 4.15. The molecule has 0 saturated heterocycles. The minimum Gasteiger partial charge on any atom is -0.481 e. The molecule has 1 saturated carbocycles. The van der Waals surface area contributed by atoms with Crippen molar-refractivity contribution in [2.75, 3.05) is 0 Å². The van der Waals surface area contributed by atoms with Crippen LogP contribution in [0.1, 0.15) is 51.9 Å². The summed E-state index contributed by atoms with van der Waals surface area (Å²) in [6, 6.07) is 0. The molecule has 21 heavy (non-hydrogen) atoms. The van der Waals surface area contributed by atoms with E-state index in [0.717, 1.165) is 32.1 Å². The summed E-state index contributed by atoms with van der Waals surface area (Å²) in [7, 11) is 0. The Morgan fingerprint density at radius 1 is 1.19 bits per heavy atom. The van der Waals surface area contributed by atoms with Crippen molar-refractivity contribution in [3.63, 3.8) is 0 Å². The summed E-state index contributed by atoms with van der Waals surface area (Å²) in [5, 5.41) is 18.4. The van der Waals surface area contributed by atoms with Crippen molar-refractivity contribution < 1.29 is 29.3 Å². The minimum absolute atomic E-state index is 0.0345. The van der Waals surface area contributed by atoms with Gasteiger partial charge in [0.1, 0.15) is 11.5 Å². The Kier molecular flexibility index (Phi) is 5.93. The smallest absolute Gasteiger partial charge is 0.332 e. The second-order valence-electron chi connectivity index (χ2n) is 5.45. The fourth-order valence-electron chi connectivity index (χ4n) is 2.66. The number of carbonyl (C=O) groups is 3. The van der Waals surface area contributed by atoms with Crippen molar-refractivity contribution in [2.45, 2.75) is 58.0 Å². The molecule has 6 heteroatoms. The fraction of sp³-hybridized carbons (Fsp3) is 0.667. The lowest BCUT2D eigenvalue weighted by Gasteiger charge is -2.29. The highest BCUT2D eigenvalue weighted by Gasteiger charge is 2.45. The first-order valence-corrected chi connectivity index (χ1v) is 7.19. The maximum Gasteiger partial charge on any atom is 0.332 e. The molecule has 0 aromatic heterocycles. The molecule has 0 aromatic rings. The summed E-state index contributed by atoms with van der Waals surface area (Å²) in [4.78, 5) is 34.6. The van der Waals surface area contributed by atoms with Gasteiger partial charge in [-0.2, -0.15) is 0 Å². The predicted molar refractivity (Wildman–Crippen MR) is 74.7 cm³/mol. The molecular weight excluding hydrogens is 276 g/mol. The summed E-state index contributed by atoms with van der Waals surface area (Å²) in [6.07, 6.45) is 3.91. The molecule has 1 rings (SSSR count). The highest BCUT2D eigenvalue weighted by molar-refractivity contribution is 5.98. The van der Waals surface area contributed by atoms with Crippen LogP contribution in [-0.4, -0.2) is 34.2 Å². The van der Waals surface area contributed by atoms with Crippen LogP contribution in [0.15, 0.2) is 12.2 Å². The highest BCUT2D eigenvalue weighted by atomic mass is 16.5. The van der Waals surface area contributed by atoms with Crippen molar-refractivity contribution in [3.8, 4) is 0 Å². The van der Waals surface area contributed by atoms with E-state index in [9.17, 15) is 19.5 Å². The van der Waals surface area contributed by atoms with Crippen molar-refractivity contribution in [1.82, 2.24) is 0 Å². The monoisotopic (exact) mass is 298 g/mol. The lowest BCUT2D eigenvalue weighted by Crippen LogP contribution is -2.38. The zero-order valence-corrected chi connectivity index (χ0v) is 12.3. The van der Waals surface area contributed by atoms with Gasteiger partial charge in [-0.05, 0) is 32.1 Å². The number of carboxylic acids is 2. The van der Waals surface area contributed by atoms with Gasteiger partial charge in [0.2, 0.25) is 0 Å². The number of esters is 1. The normalized spacial score (nSPS) is 18.5. The molecule has 1 fully saturated rings. The molecule has 0 amide bonds. The Balaban J connectivity index is 2.80. The summed E-state index contributed by atoms with van der Waals surface area (Å²) in [5.41, 5.74) is -2.30. The molecule has 0 spiro atoms. The molecule has 1 unspecified atom stereocenters. The van der Waals surface area contributed by atoms with Crippen LogP contribution >= 0.6 is 0 Å². The number of carboxylic acid groups (broad SMARTS) is 2. The van der Waals surface area contributed by atoms with Gasteiger partial charge in [0.25, 0.3) is 0 Å². The van der Waals surface area contributed by atoms with E-state index in [2.05, 4.69) is 6.58 Å². The van der Waals surface area contributed by atoms with Gasteiger partial charge in [0.15, 0.2) is 0 Å². The van der Waals surface area contributed by atoms with Crippen molar-refractivity contribution in [3.05, 3.63) is 12.2 Å². The molecule has 0 bridgehead atoms. The van der Waals surface area contributed by atoms with E-state index >= 15 is 0 Å². The molecule has 0 aliphatic heterocycles. The molecule has 1 aliphatic rings. The molecule has 0 radical (unpaired) electrons. The van der Waals surface area contributed by atoms with Gasteiger partial charge in [-0.1, -0.05) is 19.9 Å². The van der Waals surface area contributed by atoms with Crippen molar-refractivity contribution >= 4 is 17.9 Å². The average molecular weight is 298 g/mol. The zero-order chi connectivity index (χ0) is 16.0. The van der Waals surface area contributed by atoms with Crippen molar-refractivity contribution in [2.24, 2.45) is 5.41 Å². The number of aliphatic carboxylic acids is 2. The number of carbonyl (C=O) groups excluding carboxylic acids is 1. The van der Waals surface area contributed by atoms with Crippen LogP contribution in [0.3, 0.4) is 0 Å². The lowest BCUT2D eigenvalue weighted by atomic mass is 9.75. The molecule has 1 aliphatic carbocycles.